The smallest absolute Gasteiger partial charge is 0.254 e. The van der Waals surface area contributed by atoms with Gasteiger partial charge in [0.25, 0.3) is 11.5 Å². The topological polar surface area (TPSA) is 86.3 Å². The lowest BCUT2D eigenvalue weighted by molar-refractivity contribution is 0.0731. The van der Waals surface area contributed by atoms with Gasteiger partial charge in [-0.15, -0.1) is 11.8 Å². The molecule has 0 bridgehead atoms. The minimum absolute atomic E-state index is 0.0564. The third kappa shape index (κ3) is 3.52. The first-order valence-corrected chi connectivity index (χ1v) is 8.78. The second-order valence-electron chi connectivity index (χ2n) is 5.65. The van der Waals surface area contributed by atoms with Gasteiger partial charge < -0.3 is 15.0 Å². The van der Waals surface area contributed by atoms with E-state index in [9.17, 15) is 9.59 Å². The van der Waals surface area contributed by atoms with Crippen molar-refractivity contribution in [3.8, 4) is 0 Å². The Bertz CT molecular complexity index is 802. The molecule has 1 aromatic heterocycles. The van der Waals surface area contributed by atoms with Crippen LogP contribution in [0.1, 0.15) is 27.4 Å². The third-order valence-corrected chi connectivity index (χ3v) is 4.93. The van der Waals surface area contributed by atoms with Gasteiger partial charge in [0.2, 0.25) is 0 Å². The van der Waals surface area contributed by atoms with Gasteiger partial charge in [-0.1, -0.05) is 0 Å². The van der Waals surface area contributed by atoms with Crippen molar-refractivity contribution < 1.29 is 9.90 Å². The van der Waals surface area contributed by atoms with Crippen LogP contribution in [-0.2, 0) is 13.0 Å². The summed E-state index contributed by atoms with van der Waals surface area (Å²) in [4.78, 5) is 34.4. The number of hydrogen-bond acceptors (Lipinski definition) is 5. The zero-order valence-corrected chi connectivity index (χ0v) is 14.2. The number of aromatic amines is 1. The molecule has 3 rings (SSSR count). The fraction of sp³-hybridized carbons (Fsp3) is 0.353. The number of aryl methyl sites for hydroxylation is 1. The minimum atomic E-state index is -0.102. The van der Waals surface area contributed by atoms with Gasteiger partial charge in [-0.05, 0) is 37.6 Å². The molecule has 6 nitrogen and oxygen atoms in total. The first-order chi connectivity index (χ1) is 11.6. The number of carbonyl (C=O) groups excluding carboxylic acids is 1. The summed E-state index contributed by atoms with van der Waals surface area (Å²) >= 11 is 1.55. The molecule has 1 aliphatic rings. The number of aliphatic hydroxyl groups is 1. The van der Waals surface area contributed by atoms with Crippen LogP contribution in [0, 0.1) is 6.92 Å². The van der Waals surface area contributed by atoms with E-state index in [2.05, 4.69) is 9.97 Å². The van der Waals surface area contributed by atoms with Gasteiger partial charge in [0, 0.05) is 28.3 Å². The van der Waals surface area contributed by atoms with Crippen molar-refractivity contribution in [3.63, 3.8) is 0 Å². The van der Waals surface area contributed by atoms with Gasteiger partial charge in [0.05, 0.1) is 18.8 Å². The van der Waals surface area contributed by atoms with E-state index in [0.29, 0.717) is 47.9 Å². The number of thioether (sulfide) groups is 1. The highest BCUT2D eigenvalue weighted by Crippen LogP contribution is 2.20. The average molecular weight is 345 g/mol. The van der Waals surface area contributed by atoms with Crippen LogP contribution >= 0.6 is 11.8 Å². The fourth-order valence-electron chi connectivity index (χ4n) is 2.78. The van der Waals surface area contributed by atoms with Crippen molar-refractivity contribution in [2.45, 2.75) is 24.8 Å². The van der Waals surface area contributed by atoms with E-state index in [0.717, 1.165) is 4.90 Å². The van der Waals surface area contributed by atoms with Crippen molar-refractivity contribution in [2.24, 2.45) is 0 Å². The summed E-state index contributed by atoms with van der Waals surface area (Å²) in [7, 11) is 0. The minimum Gasteiger partial charge on any atom is -0.396 e. The summed E-state index contributed by atoms with van der Waals surface area (Å²) in [6.45, 7) is 2.75. The molecule has 7 heteroatoms. The first kappa shape index (κ1) is 16.7. The van der Waals surface area contributed by atoms with Crippen LogP contribution in [0.5, 0.6) is 0 Å². The van der Waals surface area contributed by atoms with E-state index >= 15 is 0 Å². The summed E-state index contributed by atoms with van der Waals surface area (Å²) in [5.74, 6) is 1.15. The highest BCUT2D eigenvalue weighted by molar-refractivity contribution is 7.99. The molecular formula is C17H19N3O3S. The summed E-state index contributed by atoms with van der Waals surface area (Å²) in [6.07, 6.45) is 0.522. The number of nitrogens with one attached hydrogen (secondary N) is 1. The van der Waals surface area contributed by atoms with Crippen LogP contribution in [0.2, 0.25) is 0 Å². The predicted molar refractivity (Wildman–Crippen MR) is 92.3 cm³/mol. The second-order valence-corrected chi connectivity index (χ2v) is 6.82. The lowest BCUT2D eigenvalue weighted by Gasteiger charge is -2.27. The van der Waals surface area contributed by atoms with Crippen LogP contribution in [0.3, 0.4) is 0 Å². The molecule has 0 spiro atoms. The number of amides is 1. The Kier molecular flexibility index (Phi) is 5.01. The monoisotopic (exact) mass is 345 g/mol. The normalized spacial score (nSPS) is 13.7. The van der Waals surface area contributed by atoms with Crippen molar-refractivity contribution in [1.29, 1.82) is 0 Å². The number of aromatic nitrogens is 2. The number of fused-ring (bicyclic) bond motifs is 1. The summed E-state index contributed by atoms with van der Waals surface area (Å²) < 4.78 is 0. The molecule has 2 aromatic rings. The molecule has 0 unspecified atom stereocenters. The van der Waals surface area contributed by atoms with E-state index in [1.807, 2.05) is 12.1 Å². The molecule has 126 valence electrons. The number of aliphatic hydroxyl groups excluding tert-OH is 1. The number of rotatable bonds is 4. The molecular weight excluding hydrogens is 326 g/mol. The van der Waals surface area contributed by atoms with Crippen molar-refractivity contribution >= 4 is 17.7 Å². The highest BCUT2D eigenvalue weighted by Gasteiger charge is 2.24. The maximum atomic E-state index is 12.7. The maximum Gasteiger partial charge on any atom is 0.254 e. The first-order valence-electron chi connectivity index (χ1n) is 7.80. The summed E-state index contributed by atoms with van der Waals surface area (Å²) in [5, 5.41) is 8.85. The quantitative estimate of drug-likeness (QED) is 0.817. The molecule has 2 heterocycles. The Morgan fingerprint density at radius 3 is 2.83 bits per heavy atom. The molecule has 0 atom stereocenters. The van der Waals surface area contributed by atoms with Crippen molar-refractivity contribution in [2.75, 3.05) is 18.9 Å². The zero-order chi connectivity index (χ0) is 17.1. The van der Waals surface area contributed by atoms with Crippen molar-refractivity contribution in [3.05, 3.63) is 57.3 Å². The van der Waals surface area contributed by atoms with Crippen molar-refractivity contribution in [1.82, 2.24) is 14.9 Å². The standard InChI is InChI=1S/C17H19N3O3S/c1-11-18-15-10-20(7-6-14(15)16(22)19-11)17(23)12-2-4-13(5-3-12)24-9-8-21/h2-5,21H,6-10H2,1H3,(H,18,19,22). The van der Waals surface area contributed by atoms with E-state index < -0.39 is 0 Å². The summed E-state index contributed by atoms with van der Waals surface area (Å²) in [6, 6.07) is 7.37. The number of nitrogens with zero attached hydrogens (tertiary/aromatic N) is 2. The molecule has 1 aliphatic heterocycles. The molecule has 1 amide bonds. The van der Waals surface area contributed by atoms with Gasteiger partial charge in [-0.25, -0.2) is 4.98 Å². The molecule has 0 aliphatic carbocycles. The maximum absolute atomic E-state index is 12.7. The van der Waals surface area contributed by atoms with Gasteiger partial charge in [-0.2, -0.15) is 0 Å². The van der Waals surface area contributed by atoms with Gasteiger partial charge >= 0.3 is 0 Å². The Hall–Kier alpha value is -2.12. The van der Waals surface area contributed by atoms with Crippen LogP contribution in [-0.4, -0.2) is 44.8 Å². The van der Waals surface area contributed by atoms with E-state index in [1.54, 1.807) is 35.7 Å². The highest BCUT2D eigenvalue weighted by atomic mass is 32.2. The SMILES string of the molecule is Cc1nc2c(c(=O)[nH]1)CCN(C(=O)c1ccc(SCCO)cc1)C2. The fourth-order valence-corrected chi connectivity index (χ4v) is 3.43. The van der Waals surface area contributed by atoms with Crippen LogP contribution in [0.25, 0.3) is 0 Å². The lowest BCUT2D eigenvalue weighted by atomic mass is 10.1. The molecule has 0 radical (unpaired) electrons. The van der Waals surface area contributed by atoms with Crippen LogP contribution in [0.15, 0.2) is 34.0 Å². The molecule has 0 saturated heterocycles. The average Bonchev–Trinajstić information content (AvgIpc) is 2.59. The number of carbonyl (C=O) groups is 1. The molecule has 24 heavy (non-hydrogen) atoms. The Balaban J connectivity index is 1.75. The van der Waals surface area contributed by atoms with E-state index in [-0.39, 0.29) is 18.1 Å². The lowest BCUT2D eigenvalue weighted by Crippen LogP contribution is -2.39. The Morgan fingerprint density at radius 2 is 2.12 bits per heavy atom. The predicted octanol–water partition coefficient (Wildman–Crippen LogP) is 1.36. The van der Waals surface area contributed by atoms with E-state index in [1.165, 1.54) is 0 Å². The zero-order valence-electron chi connectivity index (χ0n) is 13.4. The summed E-state index contributed by atoms with van der Waals surface area (Å²) in [5.41, 5.74) is 1.88. The van der Waals surface area contributed by atoms with E-state index in [4.69, 9.17) is 5.11 Å². The molecule has 1 aromatic carbocycles. The third-order valence-electron chi connectivity index (χ3n) is 3.94. The molecule has 2 N–H and O–H groups in total. The van der Waals surface area contributed by atoms with Crippen LogP contribution in [0.4, 0.5) is 0 Å². The Morgan fingerprint density at radius 1 is 1.38 bits per heavy atom. The largest absolute Gasteiger partial charge is 0.396 e. The van der Waals surface area contributed by atoms with Gasteiger partial charge in [0.15, 0.2) is 0 Å². The number of hydrogen-bond donors (Lipinski definition) is 2. The molecule has 0 fully saturated rings. The Labute approximate surface area is 143 Å². The van der Waals surface area contributed by atoms with Crippen LogP contribution < -0.4 is 5.56 Å². The van der Waals surface area contributed by atoms with Gasteiger partial charge in [0.1, 0.15) is 5.82 Å². The van der Waals surface area contributed by atoms with Gasteiger partial charge in [-0.3, -0.25) is 9.59 Å². The molecule has 0 saturated carbocycles. The number of H-pyrrole nitrogens is 1. The number of benzene rings is 1. The second kappa shape index (κ2) is 7.19.